The Morgan fingerprint density at radius 1 is 0.652 bits per heavy atom. The maximum atomic E-state index is 9.14. The molecule has 6 heteroatoms. The van der Waals surface area contributed by atoms with Gasteiger partial charge in [-0.3, -0.25) is 0 Å². The lowest BCUT2D eigenvalue weighted by atomic mass is 10.3. The molecule has 6 nitrogen and oxygen atoms in total. The summed E-state index contributed by atoms with van der Waals surface area (Å²) >= 11 is 0. The van der Waals surface area contributed by atoms with Gasteiger partial charge in [0.2, 0.25) is 0 Å². The quantitative estimate of drug-likeness (QED) is 0.498. The van der Waals surface area contributed by atoms with Crippen molar-refractivity contribution in [1.29, 1.82) is 0 Å². The van der Waals surface area contributed by atoms with E-state index < -0.39 is 0 Å². The third-order valence-electron chi connectivity index (χ3n) is 2.80. The first kappa shape index (κ1) is 19.7. The molecule has 1 aromatic carbocycles. The van der Waals surface area contributed by atoms with Gasteiger partial charge >= 0.3 is 0 Å². The van der Waals surface area contributed by atoms with Gasteiger partial charge in [0.25, 0.3) is 0 Å². The molecule has 1 rings (SSSR count). The zero-order valence-corrected chi connectivity index (χ0v) is 13.9. The standard InChI is InChI=1S/C17H28O6/c1-2-7-19-8-9-20-10-11-21-12-13-22-14-15-23-17-5-3-16(18)4-6-17/h3-6,18H,2,7-15H2,1H3. The maximum Gasteiger partial charge on any atom is 0.119 e. The van der Waals surface area contributed by atoms with Crippen molar-refractivity contribution in [2.75, 3.05) is 59.5 Å². The van der Waals surface area contributed by atoms with Crippen molar-refractivity contribution in [2.45, 2.75) is 13.3 Å². The number of ether oxygens (including phenoxy) is 5. The molecule has 1 N–H and O–H groups in total. The van der Waals surface area contributed by atoms with E-state index in [0.29, 0.717) is 58.6 Å². The molecule has 0 unspecified atom stereocenters. The third kappa shape index (κ3) is 11.8. The Hall–Kier alpha value is -1.34. The molecule has 132 valence electrons. The Balaban J connectivity index is 1.77. The fourth-order valence-corrected chi connectivity index (χ4v) is 1.67. The van der Waals surface area contributed by atoms with Crippen LogP contribution >= 0.6 is 0 Å². The summed E-state index contributed by atoms with van der Waals surface area (Å²) in [6.07, 6.45) is 1.03. The summed E-state index contributed by atoms with van der Waals surface area (Å²) in [4.78, 5) is 0. The molecule has 0 aliphatic carbocycles. The summed E-state index contributed by atoms with van der Waals surface area (Å²) in [5, 5.41) is 9.14. The van der Waals surface area contributed by atoms with E-state index in [1.54, 1.807) is 24.3 Å². The smallest absolute Gasteiger partial charge is 0.119 e. The van der Waals surface area contributed by atoms with Gasteiger partial charge in [-0.15, -0.1) is 0 Å². The number of phenolic OH excluding ortho intramolecular Hbond substituents is 1. The van der Waals surface area contributed by atoms with Crippen molar-refractivity contribution in [3.8, 4) is 11.5 Å². The van der Waals surface area contributed by atoms with Gasteiger partial charge in [0.1, 0.15) is 18.1 Å². The fourth-order valence-electron chi connectivity index (χ4n) is 1.67. The number of benzene rings is 1. The lowest BCUT2D eigenvalue weighted by molar-refractivity contribution is -0.00450. The molecule has 0 atom stereocenters. The monoisotopic (exact) mass is 328 g/mol. The minimum absolute atomic E-state index is 0.225. The second kappa shape index (κ2) is 14.3. The molecule has 0 amide bonds. The van der Waals surface area contributed by atoms with Gasteiger partial charge in [0.15, 0.2) is 0 Å². The van der Waals surface area contributed by atoms with Crippen molar-refractivity contribution < 1.29 is 28.8 Å². The van der Waals surface area contributed by atoms with E-state index in [1.807, 2.05) is 0 Å². The van der Waals surface area contributed by atoms with Gasteiger partial charge in [0.05, 0.1) is 46.2 Å². The predicted molar refractivity (Wildman–Crippen MR) is 87.2 cm³/mol. The zero-order chi connectivity index (χ0) is 16.6. The molecule has 23 heavy (non-hydrogen) atoms. The summed E-state index contributed by atoms with van der Waals surface area (Å²) in [5.74, 6) is 0.936. The summed E-state index contributed by atoms with van der Waals surface area (Å²) in [5.41, 5.74) is 0. The van der Waals surface area contributed by atoms with E-state index in [4.69, 9.17) is 28.8 Å². The van der Waals surface area contributed by atoms with Gasteiger partial charge < -0.3 is 28.8 Å². The van der Waals surface area contributed by atoms with Crippen molar-refractivity contribution >= 4 is 0 Å². The Kier molecular flexibility index (Phi) is 12.2. The molecule has 0 saturated carbocycles. The van der Waals surface area contributed by atoms with E-state index in [2.05, 4.69) is 6.92 Å². The highest BCUT2D eigenvalue weighted by Gasteiger charge is 1.95. The van der Waals surface area contributed by atoms with Crippen LogP contribution in [0.25, 0.3) is 0 Å². The zero-order valence-electron chi connectivity index (χ0n) is 13.9. The van der Waals surface area contributed by atoms with Gasteiger partial charge in [-0.1, -0.05) is 6.92 Å². The average molecular weight is 328 g/mol. The molecule has 0 aliphatic heterocycles. The average Bonchev–Trinajstić information content (AvgIpc) is 2.57. The largest absolute Gasteiger partial charge is 0.508 e. The maximum absolute atomic E-state index is 9.14. The third-order valence-corrected chi connectivity index (χ3v) is 2.80. The first-order valence-electron chi connectivity index (χ1n) is 8.05. The van der Waals surface area contributed by atoms with Gasteiger partial charge in [-0.2, -0.15) is 0 Å². The molecule has 1 aromatic rings. The molecule has 0 spiro atoms. The van der Waals surface area contributed by atoms with E-state index in [9.17, 15) is 0 Å². The van der Waals surface area contributed by atoms with Crippen molar-refractivity contribution in [2.24, 2.45) is 0 Å². The number of rotatable bonds is 15. The topological polar surface area (TPSA) is 66.4 Å². The Bertz CT molecular complexity index is 368. The number of phenols is 1. The molecule has 0 saturated heterocycles. The number of hydrogen-bond acceptors (Lipinski definition) is 6. The van der Waals surface area contributed by atoms with Gasteiger partial charge in [-0.05, 0) is 30.7 Å². The highest BCUT2D eigenvalue weighted by Crippen LogP contribution is 2.15. The fraction of sp³-hybridized carbons (Fsp3) is 0.647. The molecule has 0 heterocycles. The molecular weight excluding hydrogens is 300 g/mol. The van der Waals surface area contributed by atoms with Crippen molar-refractivity contribution in [3.63, 3.8) is 0 Å². The summed E-state index contributed by atoms with van der Waals surface area (Å²) in [6, 6.07) is 6.60. The number of hydrogen-bond donors (Lipinski definition) is 1. The van der Waals surface area contributed by atoms with E-state index in [1.165, 1.54) is 0 Å². The van der Waals surface area contributed by atoms with Crippen LogP contribution in [0, 0.1) is 0 Å². The lowest BCUT2D eigenvalue weighted by Gasteiger charge is -2.08. The summed E-state index contributed by atoms with van der Waals surface area (Å²) in [7, 11) is 0. The second-order valence-corrected chi connectivity index (χ2v) is 4.79. The molecule has 0 aliphatic rings. The van der Waals surface area contributed by atoms with Crippen LogP contribution in [-0.2, 0) is 18.9 Å². The van der Waals surface area contributed by atoms with Gasteiger partial charge in [0, 0.05) is 6.61 Å². The SMILES string of the molecule is CCCOCCOCCOCCOCCOc1ccc(O)cc1. The highest BCUT2D eigenvalue weighted by atomic mass is 16.6. The Morgan fingerprint density at radius 2 is 1.09 bits per heavy atom. The van der Waals surface area contributed by atoms with Crippen LogP contribution in [0.1, 0.15) is 13.3 Å². The van der Waals surface area contributed by atoms with Crippen LogP contribution in [0.5, 0.6) is 11.5 Å². The molecule has 0 aromatic heterocycles. The second-order valence-electron chi connectivity index (χ2n) is 4.79. The van der Waals surface area contributed by atoms with Crippen LogP contribution in [0.4, 0.5) is 0 Å². The Labute approximate surface area is 138 Å². The van der Waals surface area contributed by atoms with Crippen LogP contribution in [0.2, 0.25) is 0 Å². The molecule has 0 radical (unpaired) electrons. The van der Waals surface area contributed by atoms with Crippen molar-refractivity contribution in [1.82, 2.24) is 0 Å². The molecule has 0 fully saturated rings. The number of aromatic hydroxyl groups is 1. The minimum atomic E-state index is 0.225. The van der Waals surface area contributed by atoms with Gasteiger partial charge in [-0.25, -0.2) is 0 Å². The summed E-state index contributed by atoms with van der Waals surface area (Å²) in [6.45, 7) is 7.26. The Morgan fingerprint density at radius 3 is 1.57 bits per heavy atom. The van der Waals surface area contributed by atoms with Crippen LogP contribution in [0.3, 0.4) is 0 Å². The normalized spacial score (nSPS) is 10.8. The van der Waals surface area contributed by atoms with Crippen LogP contribution in [-0.4, -0.2) is 64.6 Å². The summed E-state index contributed by atoms with van der Waals surface area (Å²) < 4.78 is 26.9. The highest BCUT2D eigenvalue weighted by molar-refractivity contribution is 5.29. The van der Waals surface area contributed by atoms with Crippen molar-refractivity contribution in [3.05, 3.63) is 24.3 Å². The van der Waals surface area contributed by atoms with Crippen LogP contribution in [0.15, 0.2) is 24.3 Å². The van der Waals surface area contributed by atoms with E-state index >= 15 is 0 Å². The predicted octanol–water partition coefficient (Wildman–Crippen LogP) is 2.25. The lowest BCUT2D eigenvalue weighted by Crippen LogP contribution is -2.13. The van der Waals surface area contributed by atoms with Crippen LogP contribution < -0.4 is 4.74 Å². The molecule has 0 bridgehead atoms. The van der Waals surface area contributed by atoms with E-state index in [-0.39, 0.29) is 5.75 Å². The minimum Gasteiger partial charge on any atom is -0.508 e. The molecular formula is C17H28O6. The van der Waals surface area contributed by atoms with E-state index in [0.717, 1.165) is 13.0 Å². The first-order valence-corrected chi connectivity index (χ1v) is 8.05. The first-order chi connectivity index (χ1) is 11.3.